The summed E-state index contributed by atoms with van der Waals surface area (Å²) in [5.74, 6) is 0.865. The highest BCUT2D eigenvalue weighted by molar-refractivity contribution is 5.68. The van der Waals surface area contributed by atoms with Crippen LogP contribution in [0.25, 0.3) is 11.3 Å². The molecule has 1 fully saturated rings. The van der Waals surface area contributed by atoms with Gasteiger partial charge in [-0.1, -0.05) is 42.4 Å². The smallest absolute Gasteiger partial charge is 0.232 e. The number of aliphatic hydroxyl groups excluding tert-OH is 1. The van der Waals surface area contributed by atoms with Crippen molar-refractivity contribution < 1.29 is 14.4 Å². The SMILES string of the molecule is CCC(O)CN(CCCOC)Cc1c(-c2ccccc2)noc1N1CCN(C)CC1. The van der Waals surface area contributed by atoms with Crippen molar-refractivity contribution in [2.75, 3.05) is 64.9 Å². The minimum atomic E-state index is -0.348. The van der Waals surface area contributed by atoms with Gasteiger partial charge in [0.1, 0.15) is 5.69 Å². The van der Waals surface area contributed by atoms with Gasteiger partial charge in [0, 0.05) is 65.1 Å². The number of hydrogen-bond acceptors (Lipinski definition) is 7. The fraction of sp³-hybridized carbons (Fsp3) is 0.609. The average molecular weight is 417 g/mol. The molecule has 1 aromatic carbocycles. The molecular formula is C23H36N4O3. The summed E-state index contributed by atoms with van der Waals surface area (Å²) in [6.45, 7) is 8.76. The molecule has 0 amide bonds. The molecule has 7 nitrogen and oxygen atoms in total. The summed E-state index contributed by atoms with van der Waals surface area (Å²) in [4.78, 5) is 6.93. The van der Waals surface area contributed by atoms with Gasteiger partial charge in [0.2, 0.25) is 5.88 Å². The number of likely N-dealkylation sites (N-methyl/N-ethyl adjacent to an activating group) is 1. The summed E-state index contributed by atoms with van der Waals surface area (Å²) in [7, 11) is 3.88. The summed E-state index contributed by atoms with van der Waals surface area (Å²) >= 11 is 0. The molecule has 7 heteroatoms. The van der Waals surface area contributed by atoms with Crippen molar-refractivity contribution in [2.24, 2.45) is 0 Å². The predicted octanol–water partition coefficient (Wildman–Crippen LogP) is 2.70. The molecule has 1 N–H and O–H groups in total. The molecule has 1 saturated heterocycles. The normalized spacial score (nSPS) is 16.4. The van der Waals surface area contributed by atoms with Crippen LogP contribution >= 0.6 is 0 Å². The van der Waals surface area contributed by atoms with Gasteiger partial charge in [-0.05, 0) is 19.9 Å². The molecule has 3 rings (SSSR count). The number of benzene rings is 1. The van der Waals surface area contributed by atoms with E-state index in [0.717, 1.165) is 68.3 Å². The Balaban J connectivity index is 1.88. The largest absolute Gasteiger partial charge is 0.392 e. The molecule has 1 unspecified atom stereocenters. The number of nitrogens with zero attached hydrogens (tertiary/aromatic N) is 4. The van der Waals surface area contributed by atoms with Gasteiger partial charge in [0.25, 0.3) is 0 Å². The molecule has 0 spiro atoms. The first-order valence-corrected chi connectivity index (χ1v) is 11.0. The first-order chi connectivity index (χ1) is 14.6. The number of ether oxygens (including phenoxy) is 1. The minimum absolute atomic E-state index is 0.348. The Morgan fingerprint density at radius 3 is 2.60 bits per heavy atom. The number of hydrogen-bond donors (Lipinski definition) is 1. The lowest BCUT2D eigenvalue weighted by molar-refractivity contribution is 0.0968. The lowest BCUT2D eigenvalue weighted by Crippen LogP contribution is -2.45. The van der Waals surface area contributed by atoms with Gasteiger partial charge < -0.3 is 24.2 Å². The molecule has 0 saturated carbocycles. The lowest BCUT2D eigenvalue weighted by atomic mass is 10.1. The van der Waals surface area contributed by atoms with E-state index in [-0.39, 0.29) is 6.10 Å². The van der Waals surface area contributed by atoms with Gasteiger partial charge in [0.05, 0.1) is 11.7 Å². The van der Waals surface area contributed by atoms with Gasteiger partial charge in [-0.3, -0.25) is 4.90 Å². The van der Waals surface area contributed by atoms with Crippen LogP contribution in [0.5, 0.6) is 0 Å². The third kappa shape index (κ3) is 6.04. The first-order valence-electron chi connectivity index (χ1n) is 11.0. The fourth-order valence-corrected chi connectivity index (χ4v) is 3.84. The zero-order chi connectivity index (χ0) is 21.3. The van der Waals surface area contributed by atoms with E-state index >= 15 is 0 Å². The van der Waals surface area contributed by atoms with E-state index in [0.29, 0.717) is 19.7 Å². The second-order valence-corrected chi connectivity index (χ2v) is 8.11. The van der Waals surface area contributed by atoms with Crippen LogP contribution in [0.15, 0.2) is 34.9 Å². The molecule has 30 heavy (non-hydrogen) atoms. The highest BCUT2D eigenvalue weighted by Crippen LogP contribution is 2.33. The van der Waals surface area contributed by atoms with E-state index < -0.39 is 0 Å². The van der Waals surface area contributed by atoms with Gasteiger partial charge in [-0.25, -0.2) is 0 Å². The highest BCUT2D eigenvalue weighted by atomic mass is 16.5. The lowest BCUT2D eigenvalue weighted by Gasteiger charge is -2.33. The van der Waals surface area contributed by atoms with Crippen LogP contribution in [-0.4, -0.2) is 86.2 Å². The summed E-state index contributed by atoms with van der Waals surface area (Å²) in [5.41, 5.74) is 3.06. The summed E-state index contributed by atoms with van der Waals surface area (Å²) in [5, 5.41) is 14.8. The van der Waals surface area contributed by atoms with Crippen molar-refractivity contribution in [1.29, 1.82) is 0 Å². The maximum atomic E-state index is 10.3. The molecule has 1 aromatic heterocycles. The van der Waals surface area contributed by atoms with E-state index in [4.69, 9.17) is 9.26 Å². The second kappa shape index (κ2) is 11.5. The van der Waals surface area contributed by atoms with Crippen LogP contribution in [0.1, 0.15) is 25.3 Å². The summed E-state index contributed by atoms with van der Waals surface area (Å²) in [6, 6.07) is 10.2. The third-order valence-electron chi connectivity index (χ3n) is 5.75. The first kappa shape index (κ1) is 22.7. The zero-order valence-electron chi connectivity index (χ0n) is 18.6. The number of rotatable bonds is 11. The third-order valence-corrected chi connectivity index (χ3v) is 5.75. The van der Waals surface area contributed by atoms with E-state index in [1.807, 2.05) is 25.1 Å². The predicted molar refractivity (Wildman–Crippen MR) is 120 cm³/mol. The molecule has 2 aromatic rings. The van der Waals surface area contributed by atoms with Crippen molar-refractivity contribution in [3.63, 3.8) is 0 Å². The van der Waals surface area contributed by atoms with Gasteiger partial charge in [-0.15, -0.1) is 0 Å². The van der Waals surface area contributed by atoms with Crippen molar-refractivity contribution in [3.8, 4) is 11.3 Å². The molecule has 0 bridgehead atoms. The molecular weight excluding hydrogens is 380 g/mol. The Kier molecular flexibility index (Phi) is 8.69. The number of methoxy groups -OCH3 is 1. The Morgan fingerprint density at radius 2 is 1.93 bits per heavy atom. The van der Waals surface area contributed by atoms with Crippen LogP contribution in [0.3, 0.4) is 0 Å². The van der Waals surface area contributed by atoms with Crippen LogP contribution < -0.4 is 4.90 Å². The number of piperazine rings is 1. The quantitative estimate of drug-likeness (QED) is 0.565. The van der Waals surface area contributed by atoms with Crippen molar-refractivity contribution in [2.45, 2.75) is 32.4 Å². The molecule has 2 heterocycles. The van der Waals surface area contributed by atoms with E-state index in [1.54, 1.807) is 7.11 Å². The van der Waals surface area contributed by atoms with Crippen molar-refractivity contribution in [3.05, 3.63) is 35.9 Å². The zero-order valence-corrected chi connectivity index (χ0v) is 18.6. The van der Waals surface area contributed by atoms with E-state index in [2.05, 4.69) is 39.0 Å². The Bertz CT molecular complexity index is 744. The second-order valence-electron chi connectivity index (χ2n) is 8.11. The summed E-state index contributed by atoms with van der Waals surface area (Å²) in [6.07, 6.45) is 1.31. The molecule has 166 valence electrons. The number of anilines is 1. The van der Waals surface area contributed by atoms with Crippen LogP contribution in [0.4, 0.5) is 5.88 Å². The molecule has 1 atom stereocenters. The maximum Gasteiger partial charge on any atom is 0.232 e. The minimum Gasteiger partial charge on any atom is -0.392 e. The number of aromatic nitrogens is 1. The highest BCUT2D eigenvalue weighted by Gasteiger charge is 2.26. The van der Waals surface area contributed by atoms with Crippen LogP contribution in [0.2, 0.25) is 0 Å². The standard InChI is InChI=1S/C23H36N4O3/c1-4-20(28)17-26(11-8-16-29-3)18-21-22(19-9-6-5-7-10-19)24-30-23(21)27-14-12-25(2)13-15-27/h5-7,9-10,20,28H,4,8,11-18H2,1-3H3. The molecule has 0 aliphatic carbocycles. The molecule has 1 aliphatic heterocycles. The van der Waals surface area contributed by atoms with Crippen molar-refractivity contribution in [1.82, 2.24) is 15.0 Å². The van der Waals surface area contributed by atoms with E-state index in [9.17, 15) is 5.11 Å². The van der Waals surface area contributed by atoms with Crippen LogP contribution in [-0.2, 0) is 11.3 Å². The Hall–Kier alpha value is -1.93. The van der Waals surface area contributed by atoms with Gasteiger partial charge >= 0.3 is 0 Å². The number of aliphatic hydroxyl groups is 1. The topological polar surface area (TPSA) is 65.2 Å². The average Bonchev–Trinajstić information content (AvgIpc) is 3.18. The Morgan fingerprint density at radius 1 is 1.20 bits per heavy atom. The molecule has 0 radical (unpaired) electrons. The van der Waals surface area contributed by atoms with Gasteiger partial charge in [0.15, 0.2) is 0 Å². The van der Waals surface area contributed by atoms with Gasteiger partial charge in [-0.2, -0.15) is 0 Å². The summed E-state index contributed by atoms with van der Waals surface area (Å²) < 4.78 is 11.2. The molecule has 1 aliphatic rings. The maximum absolute atomic E-state index is 10.3. The van der Waals surface area contributed by atoms with Crippen molar-refractivity contribution >= 4 is 5.88 Å². The van der Waals surface area contributed by atoms with Crippen LogP contribution in [0, 0.1) is 0 Å². The monoisotopic (exact) mass is 416 g/mol. The fourth-order valence-electron chi connectivity index (χ4n) is 3.84. The Labute approximate surface area is 180 Å². The van der Waals surface area contributed by atoms with E-state index in [1.165, 1.54) is 0 Å².